The highest BCUT2D eigenvalue weighted by molar-refractivity contribution is 7.89. The Morgan fingerprint density at radius 3 is 2.31 bits per heavy atom. The van der Waals surface area contributed by atoms with Gasteiger partial charge in [0.25, 0.3) is 0 Å². The number of likely N-dealkylation sites (tertiary alicyclic amines) is 1. The van der Waals surface area contributed by atoms with Crippen molar-refractivity contribution in [3.63, 3.8) is 0 Å². The molecule has 1 aliphatic heterocycles. The molecular weight excluding hydrogens is 599 g/mol. The minimum absolute atomic E-state index is 0.0601. The smallest absolute Gasteiger partial charge is 0.304 e. The molecule has 4 rings (SSSR count). The number of amides is 1. The van der Waals surface area contributed by atoms with Gasteiger partial charge < -0.3 is 14.7 Å². The third-order valence-corrected chi connectivity index (χ3v) is 9.80. The quantitative estimate of drug-likeness (QED) is 0.257. The van der Waals surface area contributed by atoms with E-state index in [-0.39, 0.29) is 36.1 Å². The lowest BCUT2D eigenvalue weighted by Crippen LogP contribution is -2.58. The van der Waals surface area contributed by atoms with Crippen LogP contribution in [0.15, 0.2) is 77.7 Å². The number of benzene rings is 3. The maximum Gasteiger partial charge on any atom is 0.304 e. The van der Waals surface area contributed by atoms with Crippen LogP contribution in [0, 0.1) is 5.41 Å². The zero-order valence-electron chi connectivity index (χ0n) is 23.6. The molecule has 0 saturated carbocycles. The van der Waals surface area contributed by atoms with Crippen molar-refractivity contribution in [3.8, 4) is 5.75 Å². The molecule has 0 spiro atoms. The Balaban J connectivity index is 1.80. The van der Waals surface area contributed by atoms with Crippen LogP contribution >= 0.6 is 23.2 Å². The molecule has 2 N–H and O–H groups in total. The SMILES string of the molecule is CCC(CNS(=O)(=O)c1ccc(OC)cc1)N1C(=O)C(C)(CC(=O)O)CC(c2cccc(Cl)c2)C1c1ccc(Cl)cc1. The zero-order chi connectivity index (χ0) is 30.7. The molecule has 3 aromatic carbocycles. The second-order valence-electron chi connectivity index (χ2n) is 10.8. The van der Waals surface area contributed by atoms with Crippen molar-refractivity contribution in [3.05, 3.63) is 94.0 Å². The minimum atomic E-state index is -3.93. The molecule has 4 atom stereocenters. The third-order valence-electron chi connectivity index (χ3n) is 7.88. The summed E-state index contributed by atoms with van der Waals surface area (Å²) >= 11 is 12.6. The summed E-state index contributed by atoms with van der Waals surface area (Å²) in [6.07, 6.45) is 0.295. The van der Waals surface area contributed by atoms with Gasteiger partial charge in [-0.1, -0.05) is 61.3 Å². The Kier molecular flexibility index (Phi) is 9.88. The number of carboxylic acids is 1. The van der Waals surface area contributed by atoms with Crippen molar-refractivity contribution < 1.29 is 27.9 Å². The van der Waals surface area contributed by atoms with Crippen LogP contribution in [-0.2, 0) is 19.6 Å². The lowest BCUT2D eigenvalue weighted by Gasteiger charge is -2.52. The Hall–Kier alpha value is -3.11. The summed E-state index contributed by atoms with van der Waals surface area (Å²) in [6.45, 7) is 3.46. The van der Waals surface area contributed by atoms with Crippen LogP contribution in [0.1, 0.15) is 56.2 Å². The molecule has 3 aromatic rings. The molecule has 0 aromatic heterocycles. The van der Waals surface area contributed by atoms with Crippen molar-refractivity contribution in [1.29, 1.82) is 0 Å². The van der Waals surface area contributed by atoms with Crippen molar-refractivity contribution in [1.82, 2.24) is 9.62 Å². The summed E-state index contributed by atoms with van der Waals surface area (Å²) in [7, 11) is -2.43. The van der Waals surface area contributed by atoms with E-state index in [0.29, 0.717) is 22.2 Å². The lowest BCUT2D eigenvalue weighted by atomic mass is 9.67. The summed E-state index contributed by atoms with van der Waals surface area (Å²) in [5.74, 6) is -1.25. The molecule has 8 nitrogen and oxygen atoms in total. The second-order valence-corrected chi connectivity index (χ2v) is 13.4. The third kappa shape index (κ3) is 6.92. The van der Waals surface area contributed by atoms with Crippen LogP contribution in [0.25, 0.3) is 0 Å². The molecule has 0 radical (unpaired) electrons. The first-order chi connectivity index (χ1) is 19.9. The fourth-order valence-electron chi connectivity index (χ4n) is 5.76. The van der Waals surface area contributed by atoms with Crippen LogP contribution in [-0.4, -0.2) is 50.0 Å². The maximum atomic E-state index is 14.4. The Labute approximate surface area is 256 Å². The van der Waals surface area contributed by atoms with Crippen LogP contribution < -0.4 is 9.46 Å². The zero-order valence-corrected chi connectivity index (χ0v) is 25.9. The van der Waals surface area contributed by atoms with Gasteiger partial charge in [-0.05, 0) is 72.5 Å². The highest BCUT2D eigenvalue weighted by Gasteiger charge is 2.52. The number of carbonyl (C=O) groups is 2. The number of hydrogen-bond acceptors (Lipinski definition) is 5. The number of rotatable bonds is 11. The molecule has 1 heterocycles. The van der Waals surface area contributed by atoms with Gasteiger partial charge in [0.1, 0.15) is 5.75 Å². The number of carboxylic acid groups (broad SMARTS) is 1. The molecule has 1 saturated heterocycles. The highest BCUT2D eigenvalue weighted by atomic mass is 35.5. The van der Waals surface area contributed by atoms with Gasteiger partial charge in [0.2, 0.25) is 15.9 Å². The monoisotopic (exact) mass is 632 g/mol. The van der Waals surface area contributed by atoms with Gasteiger partial charge in [0, 0.05) is 28.5 Å². The van der Waals surface area contributed by atoms with E-state index in [1.807, 2.05) is 37.3 Å². The van der Waals surface area contributed by atoms with Crippen LogP contribution in [0.3, 0.4) is 0 Å². The van der Waals surface area contributed by atoms with Crippen LogP contribution in [0.2, 0.25) is 10.0 Å². The molecule has 11 heteroatoms. The normalized spacial score (nSPS) is 21.6. The van der Waals surface area contributed by atoms with Crippen molar-refractivity contribution in [2.24, 2.45) is 5.41 Å². The predicted molar refractivity (Wildman–Crippen MR) is 162 cm³/mol. The summed E-state index contributed by atoms with van der Waals surface area (Å²) in [6, 6.07) is 19.4. The number of ether oxygens (including phenoxy) is 1. The van der Waals surface area contributed by atoms with Gasteiger partial charge in [-0.2, -0.15) is 0 Å². The van der Waals surface area contributed by atoms with E-state index in [4.69, 9.17) is 27.9 Å². The van der Waals surface area contributed by atoms with Gasteiger partial charge >= 0.3 is 5.97 Å². The van der Waals surface area contributed by atoms with E-state index in [9.17, 15) is 23.1 Å². The van der Waals surface area contributed by atoms with E-state index in [1.54, 1.807) is 42.2 Å². The van der Waals surface area contributed by atoms with Gasteiger partial charge in [-0.25, -0.2) is 13.1 Å². The Morgan fingerprint density at radius 1 is 1.07 bits per heavy atom. The summed E-state index contributed by atoms with van der Waals surface area (Å²) in [4.78, 5) is 28.1. The molecule has 42 heavy (non-hydrogen) atoms. The lowest BCUT2D eigenvalue weighted by molar-refractivity contribution is -0.160. The van der Waals surface area contributed by atoms with E-state index < -0.39 is 33.5 Å². The van der Waals surface area contributed by atoms with E-state index in [1.165, 1.54) is 19.2 Å². The molecule has 1 amide bonds. The first-order valence-corrected chi connectivity index (χ1v) is 15.8. The highest BCUT2D eigenvalue weighted by Crippen LogP contribution is 2.52. The van der Waals surface area contributed by atoms with Crippen molar-refractivity contribution in [2.75, 3.05) is 13.7 Å². The number of aliphatic carboxylic acids is 1. The molecule has 4 unspecified atom stereocenters. The molecule has 0 aliphatic carbocycles. The molecule has 224 valence electrons. The fraction of sp³-hybridized carbons (Fsp3) is 0.355. The number of methoxy groups -OCH3 is 1. The number of nitrogens with one attached hydrogen (secondary N) is 1. The number of piperidine rings is 1. The van der Waals surface area contributed by atoms with Gasteiger partial charge in [-0.15, -0.1) is 0 Å². The maximum absolute atomic E-state index is 14.4. The molecular formula is C31H34Cl2N2O6S. The average Bonchev–Trinajstić information content (AvgIpc) is 2.95. The molecule has 0 bridgehead atoms. The summed E-state index contributed by atoms with van der Waals surface area (Å²) < 4.78 is 34.3. The first kappa shape index (κ1) is 31.8. The van der Waals surface area contributed by atoms with Gasteiger partial charge in [0.15, 0.2) is 0 Å². The Bertz CT molecular complexity index is 1530. The standard InChI is InChI=1S/C31H34Cl2N2O6S/c1-4-24(19-34-42(39,40)26-14-12-25(41-3)13-15-26)35-29(20-8-10-22(32)11-9-20)27(21-6-5-7-23(33)16-21)17-31(2,30(35)38)18-28(36)37/h5-16,24,27,29,34H,4,17-19H2,1-3H3,(H,36,37). The largest absolute Gasteiger partial charge is 0.497 e. The average molecular weight is 634 g/mol. The predicted octanol–water partition coefficient (Wildman–Crippen LogP) is 6.30. The number of halogens is 2. The minimum Gasteiger partial charge on any atom is -0.497 e. The molecule has 1 aliphatic rings. The Morgan fingerprint density at radius 2 is 1.74 bits per heavy atom. The van der Waals surface area contributed by atoms with Crippen LogP contribution in [0.5, 0.6) is 5.75 Å². The van der Waals surface area contributed by atoms with Gasteiger partial charge in [-0.3, -0.25) is 9.59 Å². The second kappa shape index (κ2) is 13.0. The van der Waals surface area contributed by atoms with E-state index in [0.717, 1.165) is 11.1 Å². The fourth-order valence-corrected chi connectivity index (χ4v) is 7.16. The number of sulfonamides is 1. The van der Waals surface area contributed by atoms with Crippen molar-refractivity contribution in [2.45, 2.75) is 56.0 Å². The number of nitrogens with zero attached hydrogens (tertiary/aromatic N) is 1. The number of hydrogen-bond donors (Lipinski definition) is 2. The summed E-state index contributed by atoms with van der Waals surface area (Å²) in [5.41, 5.74) is 0.404. The van der Waals surface area contributed by atoms with E-state index >= 15 is 0 Å². The summed E-state index contributed by atoms with van der Waals surface area (Å²) in [5, 5.41) is 10.9. The molecule has 1 fully saturated rings. The number of carbonyl (C=O) groups excluding carboxylic acids is 1. The van der Waals surface area contributed by atoms with E-state index in [2.05, 4.69) is 4.72 Å². The van der Waals surface area contributed by atoms with Gasteiger partial charge in [0.05, 0.1) is 29.9 Å². The first-order valence-electron chi connectivity index (χ1n) is 13.6. The van der Waals surface area contributed by atoms with Crippen LogP contribution in [0.4, 0.5) is 0 Å². The topological polar surface area (TPSA) is 113 Å². The van der Waals surface area contributed by atoms with Crippen molar-refractivity contribution >= 4 is 45.1 Å².